The Kier molecular flexibility index (Phi) is 3.50. The summed E-state index contributed by atoms with van der Waals surface area (Å²) < 4.78 is 59.2. The van der Waals surface area contributed by atoms with Crippen LogP contribution in [0, 0.1) is 0 Å². The standard InChI is InChI=1S/C5H3F3INO5S/c6-5(7,8)16(13,14)15-10-3(11)1-2(9)4(10)12/h2H,1H2. The van der Waals surface area contributed by atoms with Gasteiger partial charge in [-0.1, -0.05) is 22.6 Å². The zero-order chi connectivity index (χ0) is 12.7. The van der Waals surface area contributed by atoms with Crippen molar-refractivity contribution in [2.24, 2.45) is 0 Å². The summed E-state index contributed by atoms with van der Waals surface area (Å²) in [5, 5.41) is -0.375. The van der Waals surface area contributed by atoms with Gasteiger partial charge in [-0.2, -0.15) is 21.6 Å². The van der Waals surface area contributed by atoms with E-state index in [1.807, 2.05) is 0 Å². The zero-order valence-electron chi connectivity index (χ0n) is 7.19. The molecule has 1 fully saturated rings. The molecule has 1 rings (SSSR count). The summed E-state index contributed by atoms with van der Waals surface area (Å²) in [6, 6.07) is 0. The van der Waals surface area contributed by atoms with Gasteiger partial charge in [0.15, 0.2) is 0 Å². The van der Waals surface area contributed by atoms with Crippen molar-refractivity contribution in [1.29, 1.82) is 0 Å². The van der Waals surface area contributed by atoms with Gasteiger partial charge < -0.3 is 0 Å². The number of halogens is 4. The molecular weight excluding hydrogens is 370 g/mol. The van der Waals surface area contributed by atoms with E-state index >= 15 is 0 Å². The van der Waals surface area contributed by atoms with Crippen LogP contribution in [-0.4, -0.2) is 34.7 Å². The molecule has 11 heteroatoms. The monoisotopic (exact) mass is 373 g/mol. The smallest absolute Gasteiger partial charge is 0.272 e. The molecule has 6 nitrogen and oxygen atoms in total. The Balaban J connectivity index is 2.92. The van der Waals surface area contributed by atoms with E-state index in [4.69, 9.17) is 0 Å². The van der Waals surface area contributed by atoms with E-state index in [2.05, 4.69) is 4.28 Å². The first-order chi connectivity index (χ1) is 7.06. The number of hydrogen-bond donors (Lipinski definition) is 0. The third-order valence-electron chi connectivity index (χ3n) is 1.50. The van der Waals surface area contributed by atoms with Crippen molar-refractivity contribution < 1.29 is 35.5 Å². The van der Waals surface area contributed by atoms with Gasteiger partial charge in [-0.3, -0.25) is 9.59 Å². The van der Waals surface area contributed by atoms with E-state index in [-0.39, 0.29) is 5.06 Å². The van der Waals surface area contributed by atoms with Crippen molar-refractivity contribution in [3.8, 4) is 0 Å². The van der Waals surface area contributed by atoms with Crippen LogP contribution in [0.3, 0.4) is 0 Å². The SMILES string of the molecule is O=C1CC(I)C(=O)N1OS(=O)(=O)C(F)(F)F. The van der Waals surface area contributed by atoms with Crippen molar-refractivity contribution in [3.63, 3.8) is 0 Å². The van der Waals surface area contributed by atoms with E-state index in [9.17, 15) is 31.2 Å². The fourth-order valence-electron chi connectivity index (χ4n) is 0.792. The molecule has 1 saturated heterocycles. The van der Waals surface area contributed by atoms with Crippen LogP contribution in [0.25, 0.3) is 0 Å². The highest BCUT2D eigenvalue weighted by Gasteiger charge is 2.52. The molecule has 0 aromatic heterocycles. The first kappa shape index (κ1) is 13.6. The Morgan fingerprint density at radius 2 is 1.88 bits per heavy atom. The number of hydrogen-bond acceptors (Lipinski definition) is 5. The summed E-state index contributed by atoms with van der Waals surface area (Å²) in [4.78, 5) is 22.0. The van der Waals surface area contributed by atoms with Gasteiger partial charge in [0, 0.05) is 0 Å². The van der Waals surface area contributed by atoms with Crippen LogP contribution in [0.4, 0.5) is 13.2 Å². The maximum atomic E-state index is 11.9. The number of carbonyl (C=O) groups excluding carboxylic acids is 2. The van der Waals surface area contributed by atoms with E-state index in [0.29, 0.717) is 0 Å². The highest BCUT2D eigenvalue weighted by molar-refractivity contribution is 14.1. The number of hydroxylamine groups is 2. The molecular formula is C5H3F3INO5S. The highest BCUT2D eigenvalue weighted by Crippen LogP contribution is 2.28. The fourth-order valence-corrected chi connectivity index (χ4v) is 1.86. The van der Waals surface area contributed by atoms with Crippen molar-refractivity contribution in [2.75, 3.05) is 0 Å². The normalized spacial score (nSPS) is 23.0. The molecule has 1 heterocycles. The van der Waals surface area contributed by atoms with Crippen LogP contribution < -0.4 is 0 Å². The molecule has 1 aliphatic heterocycles. The van der Waals surface area contributed by atoms with Gasteiger partial charge in [-0.25, -0.2) is 0 Å². The Morgan fingerprint density at radius 3 is 2.19 bits per heavy atom. The average Bonchev–Trinajstić information content (AvgIpc) is 2.30. The van der Waals surface area contributed by atoms with Gasteiger partial charge in [-0.05, 0) is 0 Å². The summed E-state index contributed by atoms with van der Waals surface area (Å²) >= 11 is 1.49. The number of amides is 2. The van der Waals surface area contributed by atoms with E-state index in [1.165, 1.54) is 22.6 Å². The van der Waals surface area contributed by atoms with Crippen LogP contribution >= 0.6 is 22.6 Å². The number of rotatable bonds is 2. The van der Waals surface area contributed by atoms with Crippen molar-refractivity contribution in [2.45, 2.75) is 15.9 Å². The number of imide groups is 1. The van der Waals surface area contributed by atoms with Crippen molar-refractivity contribution >= 4 is 44.5 Å². The van der Waals surface area contributed by atoms with Crippen molar-refractivity contribution in [3.05, 3.63) is 0 Å². The summed E-state index contributed by atoms with van der Waals surface area (Å²) in [6.07, 6.45) is -0.396. The molecule has 1 unspecified atom stereocenters. The summed E-state index contributed by atoms with van der Waals surface area (Å²) in [7, 11) is -5.99. The number of nitrogens with zero attached hydrogens (tertiary/aromatic N) is 1. The Labute approximate surface area is 101 Å². The second kappa shape index (κ2) is 4.10. The Hall–Kier alpha value is -0.430. The summed E-state index contributed by atoms with van der Waals surface area (Å²) in [5.41, 5.74) is -5.68. The maximum absolute atomic E-state index is 11.9. The van der Waals surface area contributed by atoms with Gasteiger partial charge in [0.25, 0.3) is 11.8 Å². The first-order valence-electron chi connectivity index (χ1n) is 3.58. The number of carbonyl (C=O) groups is 2. The minimum absolute atomic E-state index is 0.375. The molecule has 0 aromatic carbocycles. The quantitative estimate of drug-likeness (QED) is 0.302. The molecule has 0 spiro atoms. The third kappa shape index (κ3) is 2.45. The number of alkyl halides is 4. The lowest BCUT2D eigenvalue weighted by molar-refractivity contribution is -0.166. The minimum Gasteiger partial charge on any atom is -0.272 e. The van der Waals surface area contributed by atoms with Crippen LogP contribution in [0.5, 0.6) is 0 Å². The zero-order valence-corrected chi connectivity index (χ0v) is 10.2. The Morgan fingerprint density at radius 1 is 1.38 bits per heavy atom. The molecule has 92 valence electrons. The average molecular weight is 373 g/mol. The predicted molar refractivity (Wildman–Crippen MR) is 50.3 cm³/mol. The van der Waals surface area contributed by atoms with E-state index < -0.39 is 37.8 Å². The van der Waals surface area contributed by atoms with Crippen LogP contribution in [-0.2, 0) is 24.0 Å². The van der Waals surface area contributed by atoms with E-state index in [1.54, 1.807) is 0 Å². The van der Waals surface area contributed by atoms with Gasteiger partial charge in [-0.15, -0.1) is 9.35 Å². The first-order valence-corrected chi connectivity index (χ1v) is 6.23. The molecule has 0 N–H and O–H groups in total. The fraction of sp³-hybridized carbons (Fsp3) is 0.600. The lowest BCUT2D eigenvalue weighted by Crippen LogP contribution is -2.38. The van der Waals surface area contributed by atoms with Gasteiger partial charge >= 0.3 is 15.6 Å². The second-order valence-electron chi connectivity index (χ2n) is 2.67. The summed E-state index contributed by atoms with van der Waals surface area (Å²) in [6.45, 7) is 0. The predicted octanol–water partition coefficient (Wildman–Crippen LogP) is 0.330. The van der Waals surface area contributed by atoms with Crippen LogP contribution in [0.15, 0.2) is 0 Å². The highest BCUT2D eigenvalue weighted by atomic mass is 127. The van der Waals surface area contributed by atoms with E-state index in [0.717, 1.165) is 0 Å². The third-order valence-corrected chi connectivity index (χ3v) is 3.39. The minimum atomic E-state index is -5.99. The van der Waals surface area contributed by atoms with Gasteiger partial charge in [0.2, 0.25) is 0 Å². The molecule has 2 amide bonds. The topological polar surface area (TPSA) is 80.8 Å². The van der Waals surface area contributed by atoms with Gasteiger partial charge in [0.05, 0.1) is 6.42 Å². The maximum Gasteiger partial charge on any atom is 0.525 e. The van der Waals surface area contributed by atoms with Crippen LogP contribution in [0.1, 0.15) is 6.42 Å². The molecule has 16 heavy (non-hydrogen) atoms. The van der Waals surface area contributed by atoms with Crippen molar-refractivity contribution in [1.82, 2.24) is 5.06 Å². The molecule has 0 radical (unpaired) electrons. The Bertz CT molecular complexity index is 432. The molecule has 0 aliphatic carbocycles. The molecule has 1 aliphatic rings. The van der Waals surface area contributed by atoms with Gasteiger partial charge in [0.1, 0.15) is 3.92 Å². The molecule has 0 bridgehead atoms. The molecule has 0 saturated carbocycles. The molecule has 0 aromatic rings. The lowest BCUT2D eigenvalue weighted by Gasteiger charge is -2.14. The second-order valence-corrected chi connectivity index (χ2v) is 5.70. The summed E-state index contributed by atoms with van der Waals surface area (Å²) in [5.74, 6) is -2.25. The van der Waals surface area contributed by atoms with Crippen LogP contribution in [0.2, 0.25) is 0 Å². The molecule has 1 atom stereocenters. The largest absolute Gasteiger partial charge is 0.525 e. The lowest BCUT2D eigenvalue weighted by atomic mass is 10.4.